The Hall–Kier alpha value is -3.13. The molecule has 4 rings (SSSR count). The van der Waals surface area contributed by atoms with E-state index in [-0.39, 0.29) is 11.1 Å². The van der Waals surface area contributed by atoms with Crippen molar-refractivity contribution in [1.29, 1.82) is 0 Å². The smallest absolute Gasteiger partial charge is 0.266 e. The molecule has 1 saturated heterocycles. The molecule has 156 valence electrons. The molecule has 3 aromatic heterocycles. The average molecular weight is 406 g/mol. The molecule has 1 aliphatic heterocycles. The molecule has 8 heteroatoms. The maximum absolute atomic E-state index is 12.3. The van der Waals surface area contributed by atoms with Crippen LogP contribution in [0.5, 0.6) is 0 Å². The van der Waals surface area contributed by atoms with E-state index in [2.05, 4.69) is 20.0 Å². The molecule has 0 aromatic carbocycles. The fraction of sp³-hybridized carbons (Fsp3) is 0.409. The maximum atomic E-state index is 12.3. The molecule has 0 N–H and O–H groups in total. The lowest BCUT2D eigenvalue weighted by molar-refractivity contribution is 0.164. The monoisotopic (exact) mass is 406 g/mol. The fourth-order valence-electron chi connectivity index (χ4n) is 3.83. The minimum Gasteiger partial charge on any atom is -0.302 e. The van der Waals surface area contributed by atoms with Gasteiger partial charge in [0.25, 0.3) is 11.1 Å². The van der Waals surface area contributed by atoms with Gasteiger partial charge >= 0.3 is 0 Å². The highest BCUT2D eigenvalue weighted by Crippen LogP contribution is 2.19. The van der Waals surface area contributed by atoms with E-state index in [1.54, 1.807) is 46.2 Å². The van der Waals surface area contributed by atoms with Gasteiger partial charge < -0.3 is 4.90 Å². The van der Waals surface area contributed by atoms with Gasteiger partial charge in [0, 0.05) is 55.4 Å². The number of nitrogens with zero attached hydrogens (tertiary/aromatic N) is 6. The molecule has 0 radical (unpaired) electrons. The second-order valence-electron chi connectivity index (χ2n) is 7.82. The second kappa shape index (κ2) is 9.13. The van der Waals surface area contributed by atoms with E-state index in [0.717, 1.165) is 49.4 Å². The van der Waals surface area contributed by atoms with E-state index >= 15 is 0 Å². The highest BCUT2D eigenvalue weighted by molar-refractivity contribution is 5.56. The molecule has 0 aliphatic carbocycles. The van der Waals surface area contributed by atoms with Crippen LogP contribution in [0.1, 0.15) is 18.5 Å². The predicted octanol–water partition coefficient (Wildman–Crippen LogP) is 1.58. The van der Waals surface area contributed by atoms with Gasteiger partial charge in [-0.15, -0.1) is 0 Å². The van der Waals surface area contributed by atoms with Gasteiger partial charge in [0.2, 0.25) is 0 Å². The third-order valence-electron chi connectivity index (χ3n) is 5.65. The normalized spacial score (nSPS) is 15.4. The third-order valence-corrected chi connectivity index (χ3v) is 5.65. The summed E-state index contributed by atoms with van der Waals surface area (Å²) in [5.74, 6) is 0.419. The molecule has 0 unspecified atom stereocenters. The topological polar surface area (TPSA) is 85.9 Å². The Morgan fingerprint density at radius 2 is 1.77 bits per heavy atom. The summed E-state index contributed by atoms with van der Waals surface area (Å²) in [6.07, 6.45) is 7.09. The largest absolute Gasteiger partial charge is 0.302 e. The van der Waals surface area contributed by atoms with E-state index in [0.29, 0.717) is 19.0 Å². The van der Waals surface area contributed by atoms with Crippen molar-refractivity contribution in [3.63, 3.8) is 0 Å². The van der Waals surface area contributed by atoms with Crippen molar-refractivity contribution in [2.24, 2.45) is 5.92 Å². The van der Waals surface area contributed by atoms with Gasteiger partial charge in [-0.3, -0.25) is 19.1 Å². The minimum absolute atomic E-state index is 0.00286. The summed E-state index contributed by atoms with van der Waals surface area (Å²) >= 11 is 0. The highest BCUT2D eigenvalue weighted by atomic mass is 16.1. The van der Waals surface area contributed by atoms with Crippen LogP contribution in [0, 0.1) is 12.8 Å². The molecule has 1 aliphatic rings. The van der Waals surface area contributed by atoms with Gasteiger partial charge in [-0.05, 0) is 57.0 Å². The summed E-state index contributed by atoms with van der Waals surface area (Å²) in [6.45, 7) is 5.84. The zero-order valence-electron chi connectivity index (χ0n) is 17.1. The van der Waals surface area contributed by atoms with E-state index in [4.69, 9.17) is 0 Å². The van der Waals surface area contributed by atoms with Crippen LogP contribution in [-0.4, -0.2) is 48.8 Å². The van der Waals surface area contributed by atoms with Crippen LogP contribution >= 0.6 is 0 Å². The van der Waals surface area contributed by atoms with Crippen LogP contribution in [0.15, 0.2) is 58.6 Å². The maximum Gasteiger partial charge on any atom is 0.266 e. The summed E-state index contributed by atoms with van der Waals surface area (Å²) in [4.78, 5) is 34.9. The summed E-state index contributed by atoms with van der Waals surface area (Å²) in [5, 5.41) is 4.57. The number of pyridine rings is 1. The Labute approximate surface area is 174 Å². The Kier molecular flexibility index (Phi) is 6.13. The number of rotatable bonds is 6. The van der Waals surface area contributed by atoms with Gasteiger partial charge in [0.15, 0.2) is 0 Å². The average Bonchev–Trinajstić information content (AvgIpc) is 2.76. The predicted molar refractivity (Wildman–Crippen MR) is 114 cm³/mol. The fourth-order valence-corrected chi connectivity index (χ4v) is 3.83. The summed E-state index contributed by atoms with van der Waals surface area (Å²) in [5.41, 5.74) is 2.41. The highest BCUT2D eigenvalue weighted by Gasteiger charge is 2.20. The Morgan fingerprint density at radius 1 is 1.00 bits per heavy atom. The number of hydrogen-bond donors (Lipinski definition) is 0. The van der Waals surface area contributed by atoms with E-state index in [1.807, 2.05) is 19.1 Å². The zero-order valence-corrected chi connectivity index (χ0v) is 17.1. The number of likely N-dealkylation sites (tertiary alicyclic amines) is 1. The van der Waals surface area contributed by atoms with Crippen LogP contribution in [0.3, 0.4) is 0 Å². The molecule has 0 bridgehead atoms. The minimum atomic E-state index is -0.0681. The molecule has 0 spiro atoms. The number of hydrogen-bond acceptors (Lipinski definition) is 6. The molecule has 1 fully saturated rings. The SMILES string of the molecule is Cc1cc(=O)n(CCN2CCC(Cn3nc(-c4ccncc4)ccc3=O)CC2)cn1. The first kappa shape index (κ1) is 20.2. The van der Waals surface area contributed by atoms with Crippen molar-refractivity contribution in [1.82, 2.24) is 29.2 Å². The van der Waals surface area contributed by atoms with E-state index in [9.17, 15) is 9.59 Å². The second-order valence-corrected chi connectivity index (χ2v) is 7.82. The van der Waals surface area contributed by atoms with E-state index < -0.39 is 0 Å². The Bertz CT molecular complexity index is 1100. The molecule has 3 aromatic rings. The van der Waals surface area contributed by atoms with Crippen LogP contribution in [0.25, 0.3) is 11.3 Å². The molecule has 0 amide bonds. The Morgan fingerprint density at radius 3 is 2.50 bits per heavy atom. The van der Waals surface area contributed by atoms with Gasteiger partial charge in [-0.1, -0.05) is 0 Å². The molecule has 0 atom stereocenters. The van der Waals surface area contributed by atoms with Crippen LogP contribution in [0.4, 0.5) is 0 Å². The van der Waals surface area contributed by atoms with Crippen LogP contribution in [0.2, 0.25) is 0 Å². The lowest BCUT2D eigenvalue weighted by Gasteiger charge is -2.32. The first-order chi connectivity index (χ1) is 14.6. The summed E-state index contributed by atoms with van der Waals surface area (Å²) in [7, 11) is 0. The van der Waals surface area contributed by atoms with Crippen LogP contribution in [-0.2, 0) is 13.1 Å². The molecule has 4 heterocycles. The number of piperidine rings is 1. The lowest BCUT2D eigenvalue weighted by atomic mass is 9.97. The third kappa shape index (κ3) is 4.88. The van der Waals surface area contributed by atoms with Gasteiger partial charge in [-0.2, -0.15) is 5.10 Å². The first-order valence-corrected chi connectivity index (χ1v) is 10.3. The number of aryl methyl sites for hydroxylation is 1. The molecular formula is C22H26N6O2. The van der Waals surface area contributed by atoms with Crippen molar-refractivity contribution in [3.05, 3.63) is 75.5 Å². The van der Waals surface area contributed by atoms with Gasteiger partial charge in [0.05, 0.1) is 12.0 Å². The lowest BCUT2D eigenvalue weighted by Crippen LogP contribution is -2.39. The van der Waals surface area contributed by atoms with Crippen molar-refractivity contribution >= 4 is 0 Å². The summed E-state index contributed by atoms with van der Waals surface area (Å²) in [6, 6.07) is 8.70. The molecular weight excluding hydrogens is 380 g/mol. The summed E-state index contributed by atoms with van der Waals surface area (Å²) < 4.78 is 3.25. The molecule has 30 heavy (non-hydrogen) atoms. The first-order valence-electron chi connectivity index (χ1n) is 10.3. The van der Waals surface area contributed by atoms with E-state index in [1.165, 1.54) is 0 Å². The van der Waals surface area contributed by atoms with Gasteiger partial charge in [-0.25, -0.2) is 9.67 Å². The molecule has 0 saturated carbocycles. The molecule has 8 nitrogen and oxygen atoms in total. The standard InChI is InChI=1S/C22H26N6O2/c1-17-14-22(30)27(16-24-17)13-12-26-10-6-18(7-11-26)15-28-21(29)3-2-20(25-28)19-4-8-23-9-5-19/h2-5,8-9,14,16,18H,6-7,10-13,15H2,1H3. The number of aromatic nitrogens is 5. The van der Waals surface area contributed by atoms with Crippen molar-refractivity contribution in [2.45, 2.75) is 32.9 Å². The van der Waals surface area contributed by atoms with Crippen molar-refractivity contribution < 1.29 is 0 Å². The van der Waals surface area contributed by atoms with Crippen molar-refractivity contribution in [3.8, 4) is 11.3 Å². The zero-order chi connectivity index (χ0) is 20.9. The van der Waals surface area contributed by atoms with Crippen LogP contribution < -0.4 is 11.1 Å². The quantitative estimate of drug-likeness (QED) is 0.618. The van der Waals surface area contributed by atoms with Gasteiger partial charge in [0.1, 0.15) is 0 Å². The van der Waals surface area contributed by atoms with Crippen molar-refractivity contribution in [2.75, 3.05) is 19.6 Å². The Balaban J connectivity index is 1.33.